The van der Waals surface area contributed by atoms with Gasteiger partial charge in [0.1, 0.15) is 5.75 Å². The summed E-state index contributed by atoms with van der Waals surface area (Å²) in [7, 11) is 1.89. The van der Waals surface area contributed by atoms with E-state index < -0.39 is 0 Å². The minimum atomic E-state index is 0. The number of hydrogen-bond donors (Lipinski definition) is 1. The molecule has 0 radical (unpaired) electrons. The molecule has 1 aliphatic heterocycles. The first-order chi connectivity index (χ1) is 9.70. The van der Waals surface area contributed by atoms with E-state index in [1.54, 1.807) is 0 Å². The van der Waals surface area contributed by atoms with E-state index in [9.17, 15) is 4.79 Å². The predicted octanol–water partition coefficient (Wildman–Crippen LogP) is 2.47. The van der Waals surface area contributed by atoms with Crippen molar-refractivity contribution in [3.05, 3.63) is 29.8 Å². The second-order valence-corrected chi connectivity index (χ2v) is 5.30. The monoisotopic (exact) mass is 312 g/mol. The number of nitrogens with one attached hydrogen (secondary N) is 1. The summed E-state index contributed by atoms with van der Waals surface area (Å²) in [5.41, 5.74) is 1.14. The molecule has 1 saturated heterocycles. The summed E-state index contributed by atoms with van der Waals surface area (Å²) in [6.07, 6.45) is 1.90. The maximum absolute atomic E-state index is 12.3. The average molecular weight is 313 g/mol. The molecule has 1 aromatic rings. The molecule has 1 aliphatic rings. The number of carbonyl (C=O) groups is 1. The van der Waals surface area contributed by atoms with Gasteiger partial charge in [0.15, 0.2) is 0 Å². The van der Waals surface area contributed by atoms with E-state index in [1.165, 1.54) is 0 Å². The highest BCUT2D eigenvalue weighted by atomic mass is 35.5. The molecule has 4 nitrogen and oxygen atoms in total. The molecular formula is C16H25ClN2O2. The normalized spacial score (nSPS) is 15.1. The second kappa shape index (κ2) is 8.90. The van der Waals surface area contributed by atoms with E-state index in [-0.39, 0.29) is 24.2 Å². The van der Waals surface area contributed by atoms with Crippen LogP contribution in [0.2, 0.25) is 0 Å². The summed E-state index contributed by atoms with van der Waals surface area (Å²) in [5, 5.41) is 3.29. The third kappa shape index (κ3) is 5.21. The van der Waals surface area contributed by atoms with Crippen molar-refractivity contribution in [2.45, 2.75) is 26.3 Å². The smallest absolute Gasteiger partial charge is 0.225 e. The quantitative estimate of drug-likeness (QED) is 0.908. The Kier molecular flexibility index (Phi) is 7.54. The summed E-state index contributed by atoms with van der Waals surface area (Å²) in [5.74, 6) is 1.33. The van der Waals surface area contributed by atoms with Gasteiger partial charge in [-0.2, -0.15) is 0 Å². The average Bonchev–Trinajstić information content (AvgIpc) is 2.49. The van der Waals surface area contributed by atoms with Gasteiger partial charge < -0.3 is 15.0 Å². The Bertz CT molecular complexity index is 430. The Morgan fingerprint density at radius 1 is 1.29 bits per heavy atom. The number of ether oxygens (including phenoxy) is 1. The first-order valence-electron chi connectivity index (χ1n) is 7.38. The van der Waals surface area contributed by atoms with Gasteiger partial charge in [-0.1, -0.05) is 12.1 Å². The van der Waals surface area contributed by atoms with Crippen molar-refractivity contribution in [3.63, 3.8) is 0 Å². The fraction of sp³-hybridized carbons (Fsp3) is 0.562. The molecule has 2 rings (SSSR count). The van der Waals surface area contributed by atoms with Gasteiger partial charge in [0, 0.05) is 19.5 Å². The van der Waals surface area contributed by atoms with Gasteiger partial charge in [0.05, 0.1) is 6.61 Å². The SMILES string of the molecule is CCOc1ccc(CN(C)C(=O)C2CCNCC2)cc1.Cl. The maximum Gasteiger partial charge on any atom is 0.225 e. The van der Waals surface area contributed by atoms with Crippen LogP contribution in [0.5, 0.6) is 5.75 Å². The fourth-order valence-electron chi connectivity index (χ4n) is 2.59. The molecule has 21 heavy (non-hydrogen) atoms. The molecule has 0 unspecified atom stereocenters. The zero-order chi connectivity index (χ0) is 14.4. The summed E-state index contributed by atoms with van der Waals surface area (Å²) < 4.78 is 5.42. The van der Waals surface area contributed by atoms with Gasteiger partial charge >= 0.3 is 0 Å². The summed E-state index contributed by atoms with van der Waals surface area (Å²) in [6, 6.07) is 7.97. The largest absolute Gasteiger partial charge is 0.494 e. The third-order valence-corrected chi connectivity index (χ3v) is 3.72. The summed E-state index contributed by atoms with van der Waals surface area (Å²) in [4.78, 5) is 14.2. The standard InChI is InChI=1S/C16H24N2O2.ClH/c1-3-20-15-6-4-13(5-7-15)12-18(2)16(19)14-8-10-17-11-9-14;/h4-7,14,17H,3,8-12H2,1-2H3;1H. The molecule has 0 saturated carbocycles. The van der Waals surface area contributed by atoms with E-state index in [4.69, 9.17) is 4.74 Å². The molecule has 0 atom stereocenters. The molecule has 1 amide bonds. The number of halogens is 1. The highest BCUT2D eigenvalue weighted by molar-refractivity contribution is 5.85. The summed E-state index contributed by atoms with van der Waals surface area (Å²) in [6.45, 7) is 5.21. The number of amides is 1. The number of nitrogens with zero attached hydrogens (tertiary/aromatic N) is 1. The predicted molar refractivity (Wildman–Crippen MR) is 86.9 cm³/mol. The van der Waals surface area contributed by atoms with Gasteiger partial charge in [-0.3, -0.25) is 4.79 Å². The number of hydrogen-bond acceptors (Lipinski definition) is 3. The van der Waals surface area contributed by atoms with Crippen LogP contribution in [0, 0.1) is 5.92 Å². The first-order valence-corrected chi connectivity index (χ1v) is 7.38. The zero-order valence-corrected chi connectivity index (χ0v) is 13.6. The van der Waals surface area contributed by atoms with Crippen molar-refractivity contribution in [1.29, 1.82) is 0 Å². The molecule has 0 aromatic heterocycles. The van der Waals surface area contributed by atoms with Crippen LogP contribution >= 0.6 is 12.4 Å². The lowest BCUT2D eigenvalue weighted by atomic mass is 9.96. The first kappa shape index (κ1) is 17.8. The van der Waals surface area contributed by atoms with Crippen molar-refractivity contribution in [2.24, 2.45) is 5.92 Å². The van der Waals surface area contributed by atoms with Crippen LogP contribution in [0.3, 0.4) is 0 Å². The van der Waals surface area contributed by atoms with Crippen molar-refractivity contribution < 1.29 is 9.53 Å². The number of rotatable bonds is 5. The van der Waals surface area contributed by atoms with Crippen LogP contribution in [-0.4, -0.2) is 37.6 Å². The highest BCUT2D eigenvalue weighted by Crippen LogP contribution is 2.17. The second-order valence-electron chi connectivity index (χ2n) is 5.30. The van der Waals surface area contributed by atoms with Crippen molar-refractivity contribution in [1.82, 2.24) is 10.2 Å². The Balaban J connectivity index is 0.00000220. The number of carbonyl (C=O) groups excluding carboxylic acids is 1. The lowest BCUT2D eigenvalue weighted by molar-refractivity contribution is -0.135. The molecule has 1 heterocycles. The van der Waals surface area contributed by atoms with Crippen LogP contribution in [0.1, 0.15) is 25.3 Å². The topological polar surface area (TPSA) is 41.6 Å². The molecule has 0 bridgehead atoms. The van der Waals surface area contributed by atoms with E-state index in [1.807, 2.05) is 43.1 Å². The number of piperidine rings is 1. The Morgan fingerprint density at radius 3 is 2.48 bits per heavy atom. The molecule has 0 aliphatic carbocycles. The third-order valence-electron chi connectivity index (χ3n) is 3.72. The van der Waals surface area contributed by atoms with Crippen LogP contribution in [0.15, 0.2) is 24.3 Å². The zero-order valence-electron chi connectivity index (χ0n) is 12.8. The van der Waals surface area contributed by atoms with E-state index >= 15 is 0 Å². The molecule has 0 spiro atoms. The van der Waals surface area contributed by atoms with Crippen LogP contribution in [-0.2, 0) is 11.3 Å². The van der Waals surface area contributed by atoms with Gasteiger partial charge in [-0.15, -0.1) is 12.4 Å². The molecule has 1 aromatic carbocycles. The maximum atomic E-state index is 12.3. The van der Waals surface area contributed by atoms with Crippen molar-refractivity contribution in [3.8, 4) is 5.75 Å². The van der Waals surface area contributed by atoms with Crippen LogP contribution in [0.4, 0.5) is 0 Å². The van der Waals surface area contributed by atoms with Crippen LogP contribution < -0.4 is 10.1 Å². The van der Waals surface area contributed by atoms with E-state index in [0.29, 0.717) is 13.2 Å². The molecular weight excluding hydrogens is 288 g/mol. The minimum Gasteiger partial charge on any atom is -0.494 e. The lowest BCUT2D eigenvalue weighted by Gasteiger charge is -2.27. The molecule has 5 heteroatoms. The lowest BCUT2D eigenvalue weighted by Crippen LogP contribution is -2.38. The Hall–Kier alpha value is -1.26. The van der Waals surface area contributed by atoms with Gasteiger partial charge in [-0.25, -0.2) is 0 Å². The molecule has 1 N–H and O–H groups in total. The number of benzene rings is 1. The van der Waals surface area contributed by atoms with E-state index in [2.05, 4.69) is 5.32 Å². The van der Waals surface area contributed by atoms with Crippen molar-refractivity contribution >= 4 is 18.3 Å². The highest BCUT2D eigenvalue weighted by Gasteiger charge is 2.23. The van der Waals surface area contributed by atoms with Crippen molar-refractivity contribution in [2.75, 3.05) is 26.7 Å². The van der Waals surface area contributed by atoms with Gasteiger partial charge in [0.2, 0.25) is 5.91 Å². The Morgan fingerprint density at radius 2 is 1.90 bits per heavy atom. The fourth-order valence-corrected chi connectivity index (χ4v) is 2.59. The summed E-state index contributed by atoms with van der Waals surface area (Å²) >= 11 is 0. The Labute approximate surface area is 133 Å². The minimum absolute atomic E-state index is 0. The molecule has 118 valence electrons. The van der Waals surface area contributed by atoms with Gasteiger partial charge in [-0.05, 0) is 50.6 Å². The van der Waals surface area contributed by atoms with Gasteiger partial charge in [0.25, 0.3) is 0 Å². The van der Waals surface area contributed by atoms with E-state index in [0.717, 1.165) is 37.2 Å². The molecule has 1 fully saturated rings. The van der Waals surface area contributed by atoms with Crippen LogP contribution in [0.25, 0.3) is 0 Å².